The minimum atomic E-state index is -0.160. The van der Waals surface area contributed by atoms with Gasteiger partial charge in [0.1, 0.15) is 0 Å². The van der Waals surface area contributed by atoms with E-state index in [1.54, 1.807) is 0 Å². The Bertz CT molecular complexity index is 534. The summed E-state index contributed by atoms with van der Waals surface area (Å²) in [5, 5.41) is 12.5. The first kappa shape index (κ1) is 10.8. The van der Waals surface area contributed by atoms with Crippen LogP contribution in [0.15, 0.2) is 24.0 Å². The van der Waals surface area contributed by atoms with Crippen molar-refractivity contribution in [2.45, 2.75) is 37.8 Å². The van der Waals surface area contributed by atoms with E-state index in [0.717, 1.165) is 12.8 Å². The van der Waals surface area contributed by atoms with Gasteiger partial charge in [0, 0.05) is 16.4 Å². The summed E-state index contributed by atoms with van der Waals surface area (Å²) in [5.74, 6) is 0.353. The number of imidazole rings is 1. The van der Waals surface area contributed by atoms with Crippen molar-refractivity contribution in [2.75, 3.05) is 0 Å². The van der Waals surface area contributed by atoms with Gasteiger partial charge in [-0.2, -0.15) is 0 Å². The summed E-state index contributed by atoms with van der Waals surface area (Å²) in [7, 11) is 0. The standard InChI is InChI=1S/C14H16N2OS/c17-12-4-2-1-3-10(12)13-14-9(5-6-18-14)11-7-15-8-16(11)13/h5-8,10,12-13,17H,1-4H2/t10-,12+,13?/m1/s1. The van der Waals surface area contributed by atoms with Gasteiger partial charge < -0.3 is 9.67 Å². The smallest absolute Gasteiger partial charge is 0.0957 e. The molecule has 94 valence electrons. The molecule has 0 aromatic carbocycles. The lowest BCUT2D eigenvalue weighted by molar-refractivity contribution is 0.0510. The molecule has 0 bridgehead atoms. The van der Waals surface area contributed by atoms with E-state index in [1.807, 2.05) is 23.9 Å². The molecule has 1 unspecified atom stereocenters. The summed E-state index contributed by atoms with van der Waals surface area (Å²) in [5.41, 5.74) is 2.54. The van der Waals surface area contributed by atoms with Crippen molar-refractivity contribution in [3.8, 4) is 11.3 Å². The van der Waals surface area contributed by atoms with E-state index in [1.165, 1.54) is 29.0 Å². The van der Waals surface area contributed by atoms with Crippen LogP contribution in [0.3, 0.4) is 0 Å². The zero-order valence-corrected chi connectivity index (χ0v) is 10.9. The van der Waals surface area contributed by atoms with Crippen LogP contribution < -0.4 is 0 Å². The molecule has 0 saturated heterocycles. The predicted octanol–water partition coefficient (Wildman–Crippen LogP) is 3.07. The Morgan fingerprint density at radius 3 is 3.11 bits per heavy atom. The van der Waals surface area contributed by atoms with Crippen molar-refractivity contribution in [3.05, 3.63) is 28.8 Å². The van der Waals surface area contributed by atoms with Gasteiger partial charge >= 0.3 is 0 Å². The first-order valence-corrected chi connectivity index (χ1v) is 7.52. The molecule has 1 aliphatic carbocycles. The van der Waals surface area contributed by atoms with E-state index in [9.17, 15) is 5.11 Å². The van der Waals surface area contributed by atoms with Gasteiger partial charge in [0.05, 0.1) is 30.4 Å². The van der Waals surface area contributed by atoms with Crippen LogP contribution in [0.4, 0.5) is 0 Å². The highest BCUT2D eigenvalue weighted by Gasteiger charge is 2.39. The number of aliphatic hydroxyl groups excluding tert-OH is 1. The average Bonchev–Trinajstić information content (AvgIpc) is 3.02. The first-order chi connectivity index (χ1) is 8.86. The van der Waals surface area contributed by atoms with Gasteiger partial charge in [-0.25, -0.2) is 4.98 Å². The second kappa shape index (κ2) is 3.93. The topological polar surface area (TPSA) is 38.1 Å². The summed E-state index contributed by atoms with van der Waals surface area (Å²) in [4.78, 5) is 5.69. The maximum Gasteiger partial charge on any atom is 0.0957 e. The Labute approximate surface area is 110 Å². The fraction of sp³-hybridized carbons (Fsp3) is 0.500. The summed E-state index contributed by atoms with van der Waals surface area (Å²) >= 11 is 1.82. The van der Waals surface area contributed by atoms with Crippen LogP contribution in [0.5, 0.6) is 0 Å². The summed E-state index contributed by atoms with van der Waals surface area (Å²) in [6.07, 6.45) is 8.19. The lowest BCUT2D eigenvalue weighted by Gasteiger charge is -2.33. The van der Waals surface area contributed by atoms with Crippen molar-refractivity contribution in [2.24, 2.45) is 5.92 Å². The Hall–Kier alpha value is -1.13. The maximum atomic E-state index is 10.3. The van der Waals surface area contributed by atoms with Crippen LogP contribution in [0, 0.1) is 5.92 Å². The Balaban J connectivity index is 1.82. The Morgan fingerprint density at radius 1 is 1.33 bits per heavy atom. The van der Waals surface area contributed by atoms with Crippen molar-refractivity contribution in [1.29, 1.82) is 0 Å². The van der Waals surface area contributed by atoms with Crippen molar-refractivity contribution in [3.63, 3.8) is 0 Å². The van der Waals surface area contributed by atoms with Gasteiger partial charge in [-0.05, 0) is 24.3 Å². The number of hydrogen-bond acceptors (Lipinski definition) is 3. The SMILES string of the molecule is O[C@H]1CCCC[C@H]1C1c2sccc2-c2cncn21. The molecule has 1 aliphatic heterocycles. The van der Waals surface area contributed by atoms with Crippen LogP contribution >= 0.6 is 11.3 Å². The molecule has 4 rings (SSSR count). The number of rotatable bonds is 1. The average molecular weight is 260 g/mol. The van der Waals surface area contributed by atoms with Gasteiger partial charge in [0.25, 0.3) is 0 Å². The molecule has 4 heteroatoms. The van der Waals surface area contributed by atoms with Crippen LogP contribution in [-0.2, 0) is 0 Å². The van der Waals surface area contributed by atoms with E-state index in [4.69, 9.17) is 0 Å². The molecule has 1 fully saturated rings. The lowest BCUT2D eigenvalue weighted by Crippen LogP contribution is -2.31. The molecule has 3 atom stereocenters. The number of nitrogens with zero attached hydrogens (tertiary/aromatic N) is 2. The zero-order chi connectivity index (χ0) is 12.1. The highest BCUT2D eigenvalue weighted by molar-refractivity contribution is 7.10. The zero-order valence-electron chi connectivity index (χ0n) is 10.1. The fourth-order valence-electron chi connectivity index (χ4n) is 3.53. The van der Waals surface area contributed by atoms with Gasteiger partial charge in [0.2, 0.25) is 0 Å². The third-order valence-electron chi connectivity index (χ3n) is 4.39. The van der Waals surface area contributed by atoms with Gasteiger partial charge in [0.15, 0.2) is 0 Å². The lowest BCUT2D eigenvalue weighted by atomic mass is 9.81. The van der Waals surface area contributed by atoms with E-state index in [0.29, 0.717) is 12.0 Å². The molecule has 0 radical (unpaired) electrons. The van der Waals surface area contributed by atoms with Crippen LogP contribution in [0.2, 0.25) is 0 Å². The van der Waals surface area contributed by atoms with E-state index < -0.39 is 0 Å². The largest absolute Gasteiger partial charge is 0.393 e. The molecule has 0 spiro atoms. The van der Waals surface area contributed by atoms with E-state index >= 15 is 0 Å². The minimum absolute atomic E-state index is 0.160. The summed E-state index contributed by atoms with van der Waals surface area (Å²) in [6.45, 7) is 0. The predicted molar refractivity (Wildman–Crippen MR) is 71.6 cm³/mol. The van der Waals surface area contributed by atoms with Crippen LogP contribution in [0.1, 0.15) is 36.6 Å². The molecule has 1 N–H and O–H groups in total. The molecule has 2 aromatic rings. The number of aliphatic hydroxyl groups is 1. The third kappa shape index (κ3) is 1.36. The van der Waals surface area contributed by atoms with Crippen molar-refractivity contribution >= 4 is 11.3 Å². The van der Waals surface area contributed by atoms with Crippen molar-refractivity contribution < 1.29 is 5.11 Å². The molecule has 0 amide bonds. The number of hydrogen-bond donors (Lipinski definition) is 1. The summed E-state index contributed by atoms with van der Waals surface area (Å²) in [6, 6.07) is 2.50. The first-order valence-electron chi connectivity index (χ1n) is 6.64. The van der Waals surface area contributed by atoms with Gasteiger partial charge in [-0.15, -0.1) is 11.3 Å². The Morgan fingerprint density at radius 2 is 2.22 bits per heavy atom. The second-order valence-electron chi connectivity index (χ2n) is 5.35. The number of aromatic nitrogens is 2. The maximum absolute atomic E-state index is 10.3. The quantitative estimate of drug-likeness (QED) is 0.855. The molecular formula is C14H16N2OS. The molecule has 18 heavy (non-hydrogen) atoms. The summed E-state index contributed by atoms with van der Waals surface area (Å²) < 4.78 is 2.26. The minimum Gasteiger partial charge on any atom is -0.393 e. The molecule has 3 nitrogen and oxygen atoms in total. The highest BCUT2D eigenvalue weighted by Crippen LogP contribution is 2.49. The molecule has 2 aliphatic rings. The second-order valence-corrected chi connectivity index (χ2v) is 6.29. The normalized spacial score (nSPS) is 30.2. The monoisotopic (exact) mass is 260 g/mol. The van der Waals surface area contributed by atoms with Gasteiger partial charge in [-0.1, -0.05) is 12.8 Å². The van der Waals surface area contributed by atoms with Crippen LogP contribution in [0.25, 0.3) is 11.3 Å². The van der Waals surface area contributed by atoms with Crippen molar-refractivity contribution in [1.82, 2.24) is 9.55 Å². The Kier molecular flexibility index (Phi) is 2.35. The van der Waals surface area contributed by atoms with Crippen LogP contribution in [-0.4, -0.2) is 20.8 Å². The van der Waals surface area contributed by atoms with E-state index in [2.05, 4.69) is 21.0 Å². The third-order valence-corrected chi connectivity index (χ3v) is 5.38. The molecule has 1 saturated carbocycles. The highest BCUT2D eigenvalue weighted by atomic mass is 32.1. The number of thiophene rings is 1. The fourth-order valence-corrected chi connectivity index (χ4v) is 4.61. The molecular weight excluding hydrogens is 244 g/mol. The molecule has 2 aromatic heterocycles. The van der Waals surface area contributed by atoms with Gasteiger partial charge in [-0.3, -0.25) is 0 Å². The number of fused-ring (bicyclic) bond motifs is 3. The molecule has 3 heterocycles. The van der Waals surface area contributed by atoms with E-state index in [-0.39, 0.29) is 6.10 Å².